The monoisotopic (exact) mass is 479 g/mol. The Morgan fingerprint density at radius 1 is 1.03 bits per heavy atom. The van der Waals surface area contributed by atoms with Crippen LogP contribution in [-0.4, -0.2) is 23.6 Å². The number of hydrogen-bond acceptors (Lipinski definition) is 4. The number of rotatable bonds is 11. The number of halogens is 1. The first-order valence-corrected chi connectivity index (χ1v) is 13.3. The van der Waals surface area contributed by atoms with Crippen molar-refractivity contribution < 1.29 is 4.39 Å². The Labute approximate surface area is 208 Å². The maximum Gasteiger partial charge on any atom is 0.150 e. The van der Waals surface area contributed by atoms with Gasteiger partial charge in [0.2, 0.25) is 0 Å². The quantitative estimate of drug-likeness (QED) is 0.280. The second kappa shape index (κ2) is 11.7. The van der Waals surface area contributed by atoms with Gasteiger partial charge in [0.1, 0.15) is 10.8 Å². The van der Waals surface area contributed by atoms with Gasteiger partial charge in [-0.05, 0) is 85.4 Å². The Balaban J connectivity index is 1.86. The van der Waals surface area contributed by atoms with Crippen molar-refractivity contribution in [3.63, 3.8) is 0 Å². The van der Waals surface area contributed by atoms with Gasteiger partial charge >= 0.3 is 0 Å². The molecule has 0 saturated heterocycles. The van der Waals surface area contributed by atoms with Gasteiger partial charge in [0.05, 0.1) is 11.4 Å². The minimum Gasteiger partial charge on any atom is -0.372 e. The zero-order chi connectivity index (χ0) is 24.8. The number of pyridine rings is 1. The van der Waals surface area contributed by atoms with Gasteiger partial charge in [-0.15, -0.1) is 11.3 Å². The van der Waals surface area contributed by atoms with Gasteiger partial charge < -0.3 is 4.90 Å². The number of anilines is 1. The molecule has 2 heterocycles. The fraction of sp³-hybridized carbons (Fsp3) is 0.448. The molecule has 0 aliphatic carbocycles. The van der Waals surface area contributed by atoms with Crippen LogP contribution in [0, 0.1) is 12.7 Å². The van der Waals surface area contributed by atoms with Gasteiger partial charge in [0.15, 0.2) is 0 Å². The van der Waals surface area contributed by atoms with Gasteiger partial charge in [0, 0.05) is 36.4 Å². The molecule has 182 valence electrons. The molecule has 3 rings (SSSR count). The molecule has 5 heteroatoms. The van der Waals surface area contributed by atoms with E-state index in [0.29, 0.717) is 6.42 Å². The first kappa shape index (κ1) is 26.1. The largest absolute Gasteiger partial charge is 0.372 e. The van der Waals surface area contributed by atoms with Gasteiger partial charge in [-0.2, -0.15) is 0 Å². The SMILES string of the molecule is C=C(CC)c1c(CC)c(CC)c(F)c(N(C)CCCc2nc(-c3ccncc3)sc2C)c1CC. The van der Waals surface area contributed by atoms with E-state index in [0.717, 1.165) is 82.9 Å². The molecular weight excluding hydrogens is 441 g/mol. The van der Waals surface area contributed by atoms with Crippen LogP contribution in [0.3, 0.4) is 0 Å². The molecule has 0 aliphatic heterocycles. The number of nitrogens with zero attached hydrogens (tertiary/aromatic N) is 3. The van der Waals surface area contributed by atoms with Crippen molar-refractivity contribution in [1.82, 2.24) is 9.97 Å². The molecule has 0 saturated carbocycles. The average molecular weight is 480 g/mol. The Hall–Kier alpha value is -2.53. The molecular formula is C29H38FN3S. The van der Waals surface area contributed by atoms with E-state index in [4.69, 9.17) is 4.98 Å². The van der Waals surface area contributed by atoms with Gasteiger partial charge in [-0.25, -0.2) is 9.37 Å². The topological polar surface area (TPSA) is 29.0 Å². The molecule has 2 aromatic heterocycles. The van der Waals surface area contributed by atoms with Crippen LogP contribution in [0.15, 0.2) is 31.1 Å². The molecule has 0 fully saturated rings. The van der Waals surface area contributed by atoms with Crippen LogP contribution < -0.4 is 4.90 Å². The smallest absolute Gasteiger partial charge is 0.150 e. The van der Waals surface area contributed by atoms with Gasteiger partial charge in [-0.3, -0.25) is 4.98 Å². The van der Waals surface area contributed by atoms with Crippen LogP contribution in [0.25, 0.3) is 16.1 Å². The van der Waals surface area contributed by atoms with Crippen LogP contribution in [0.2, 0.25) is 0 Å². The van der Waals surface area contributed by atoms with E-state index in [9.17, 15) is 0 Å². The Bertz CT molecular complexity index is 1130. The van der Waals surface area contributed by atoms with Crippen LogP contribution >= 0.6 is 11.3 Å². The molecule has 3 aromatic rings. The molecule has 0 aliphatic rings. The van der Waals surface area contributed by atoms with E-state index < -0.39 is 0 Å². The van der Waals surface area contributed by atoms with E-state index in [2.05, 4.69) is 51.1 Å². The fourth-order valence-electron chi connectivity index (χ4n) is 4.84. The zero-order valence-electron chi connectivity index (χ0n) is 21.6. The third-order valence-corrected chi connectivity index (χ3v) is 7.74. The summed E-state index contributed by atoms with van der Waals surface area (Å²) in [6.07, 6.45) is 8.59. The lowest BCUT2D eigenvalue weighted by Crippen LogP contribution is -2.24. The molecule has 34 heavy (non-hydrogen) atoms. The normalized spacial score (nSPS) is 11.1. The van der Waals surface area contributed by atoms with Crippen LogP contribution in [0.5, 0.6) is 0 Å². The van der Waals surface area contributed by atoms with Crippen molar-refractivity contribution in [1.29, 1.82) is 0 Å². The van der Waals surface area contributed by atoms with Crippen molar-refractivity contribution in [2.45, 2.75) is 73.1 Å². The zero-order valence-corrected chi connectivity index (χ0v) is 22.4. The lowest BCUT2D eigenvalue weighted by Gasteiger charge is -2.29. The predicted octanol–water partition coefficient (Wildman–Crippen LogP) is 7.83. The highest BCUT2D eigenvalue weighted by Crippen LogP contribution is 2.38. The van der Waals surface area contributed by atoms with E-state index in [1.54, 1.807) is 23.7 Å². The first-order valence-electron chi connectivity index (χ1n) is 12.5. The van der Waals surface area contributed by atoms with Crippen molar-refractivity contribution in [3.05, 3.63) is 69.7 Å². The number of allylic oxidation sites excluding steroid dienone is 1. The summed E-state index contributed by atoms with van der Waals surface area (Å²) in [4.78, 5) is 12.3. The standard InChI is InChI=1S/C29H38FN3S/c1-8-19(5)26-22(9-2)23(10-3)27(30)28(24(26)11-4)33(7)18-12-13-25-20(6)34-29(32-25)21-14-16-31-17-15-21/h14-17H,5,8-13,18H2,1-4,6-7H3. The number of hydrogen-bond donors (Lipinski definition) is 0. The van der Waals surface area contributed by atoms with Crippen molar-refractivity contribution in [2.75, 3.05) is 18.5 Å². The van der Waals surface area contributed by atoms with Crippen LogP contribution in [0.4, 0.5) is 10.1 Å². The van der Waals surface area contributed by atoms with Crippen LogP contribution in [0.1, 0.15) is 73.4 Å². The minimum absolute atomic E-state index is 0.0452. The maximum atomic E-state index is 15.9. The summed E-state index contributed by atoms with van der Waals surface area (Å²) in [7, 11) is 2.03. The highest BCUT2D eigenvalue weighted by molar-refractivity contribution is 7.15. The number of benzene rings is 1. The minimum atomic E-state index is -0.0452. The highest BCUT2D eigenvalue weighted by Gasteiger charge is 2.24. The molecule has 0 atom stereocenters. The van der Waals surface area contributed by atoms with E-state index in [1.807, 2.05) is 19.2 Å². The van der Waals surface area contributed by atoms with Crippen molar-refractivity contribution in [3.8, 4) is 10.6 Å². The molecule has 1 aromatic carbocycles. The summed E-state index contributed by atoms with van der Waals surface area (Å²) in [6, 6.07) is 4.00. The van der Waals surface area contributed by atoms with Gasteiger partial charge in [0.25, 0.3) is 0 Å². The first-order chi connectivity index (χ1) is 16.4. The summed E-state index contributed by atoms with van der Waals surface area (Å²) < 4.78 is 15.9. The molecule has 0 unspecified atom stereocenters. The summed E-state index contributed by atoms with van der Waals surface area (Å²) in [5.41, 5.74) is 8.40. The summed E-state index contributed by atoms with van der Waals surface area (Å²) in [5.74, 6) is -0.0452. The van der Waals surface area contributed by atoms with Crippen LogP contribution in [-0.2, 0) is 25.7 Å². The fourth-order valence-corrected chi connectivity index (χ4v) is 5.80. The molecule has 3 nitrogen and oxygen atoms in total. The number of aryl methyl sites for hydroxylation is 2. The maximum absolute atomic E-state index is 15.9. The lowest BCUT2D eigenvalue weighted by molar-refractivity contribution is 0.599. The van der Waals surface area contributed by atoms with E-state index in [-0.39, 0.29) is 5.82 Å². The third kappa shape index (κ3) is 5.25. The summed E-state index contributed by atoms with van der Waals surface area (Å²) in [6.45, 7) is 15.7. The molecule has 0 spiro atoms. The predicted molar refractivity (Wildman–Crippen MR) is 146 cm³/mol. The van der Waals surface area contributed by atoms with E-state index >= 15 is 4.39 Å². The van der Waals surface area contributed by atoms with Crippen molar-refractivity contribution >= 4 is 22.6 Å². The van der Waals surface area contributed by atoms with Crippen molar-refractivity contribution in [2.24, 2.45) is 0 Å². The molecule has 0 bridgehead atoms. The second-order valence-corrected chi connectivity index (χ2v) is 9.98. The third-order valence-electron chi connectivity index (χ3n) is 6.68. The Morgan fingerprint density at radius 2 is 1.68 bits per heavy atom. The van der Waals surface area contributed by atoms with Gasteiger partial charge in [-0.1, -0.05) is 34.3 Å². The Morgan fingerprint density at radius 3 is 2.26 bits per heavy atom. The lowest BCUT2D eigenvalue weighted by atomic mass is 9.85. The van der Waals surface area contributed by atoms with E-state index in [1.165, 1.54) is 10.4 Å². The Kier molecular flexibility index (Phi) is 9.01. The number of thiazole rings is 1. The highest BCUT2D eigenvalue weighted by atomic mass is 32.1. The summed E-state index contributed by atoms with van der Waals surface area (Å²) >= 11 is 1.73. The molecule has 0 radical (unpaired) electrons. The molecule has 0 amide bonds. The second-order valence-electron chi connectivity index (χ2n) is 8.77. The summed E-state index contributed by atoms with van der Waals surface area (Å²) in [5, 5.41) is 1.04. The number of aromatic nitrogens is 2. The average Bonchev–Trinajstić information content (AvgIpc) is 3.23. The molecule has 0 N–H and O–H groups in total.